The van der Waals surface area contributed by atoms with Gasteiger partial charge in [-0.2, -0.15) is 5.26 Å². The van der Waals surface area contributed by atoms with Crippen LogP contribution in [0, 0.1) is 11.3 Å². The van der Waals surface area contributed by atoms with Crippen molar-refractivity contribution in [1.82, 2.24) is 0 Å². The molecule has 1 rings (SSSR count). The topological polar surface area (TPSA) is 73.1 Å². The number of aliphatic carboxylic acids is 1. The molecule has 84 valence electrons. The van der Waals surface area contributed by atoms with E-state index in [4.69, 9.17) is 10.4 Å². The van der Waals surface area contributed by atoms with Crippen molar-refractivity contribution in [2.75, 3.05) is 5.32 Å². The zero-order valence-electron chi connectivity index (χ0n) is 8.70. The maximum Gasteiger partial charge on any atom is 0.326 e. The van der Waals surface area contributed by atoms with Gasteiger partial charge in [0.2, 0.25) is 0 Å². The second-order valence-electron chi connectivity index (χ2n) is 3.25. The summed E-state index contributed by atoms with van der Waals surface area (Å²) in [6, 6.07) is 6.44. The molecule has 0 saturated carbocycles. The number of nitriles is 1. The predicted octanol–water partition coefficient (Wildman–Crippen LogP) is 2.60. The Balaban J connectivity index is 2.87. The Bertz CT molecular complexity index is 440. The SMILES string of the molecule is CCC(Nc1ccc(C#N)c(Br)c1)C(=O)O. The van der Waals surface area contributed by atoms with Crippen LogP contribution in [0.15, 0.2) is 22.7 Å². The minimum Gasteiger partial charge on any atom is -0.480 e. The first kappa shape index (κ1) is 12.5. The number of carbonyl (C=O) groups is 1. The lowest BCUT2D eigenvalue weighted by Gasteiger charge is -2.13. The first-order valence-corrected chi connectivity index (χ1v) is 5.56. The van der Waals surface area contributed by atoms with Gasteiger partial charge in [-0.25, -0.2) is 4.79 Å². The Morgan fingerprint density at radius 2 is 2.38 bits per heavy atom. The van der Waals surface area contributed by atoms with Crippen LogP contribution in [0.3, 0.4) is 0 Å². The van der Waals surface area contributed by atoms with Crippen LogP contribution in [-0.4, -0.2) is 17.1 Å². The monoisotopic (exact) mass is 282 g/mol. The molecule has 0 aliphatic rings. The maximum absolute atomic E-state index is 10.8. The van der Waals surface area contributed by atoms with E-state index in [0.717, 1.165) is 0 Å². The van der Waals surface area contributed by atoms with E-state index in [1.54, 1.807) is 25.1 Å². The summed E-state index contributed by atoms with van der Waals surface area (Å²) in [5.74, 6) is -0.886. The minimum atomic E-state index is -0.886. The number of anilines is 1. The van der Waals surface area contributed by atoms with Crippen LogP contribution in [0.5, 0.6) is 0 Å². The molecule has 0 amide bonds. The minimum absolute atomic E-state index is 0.493. The third-order valence-electron chi connectivity index (χ3n) is 2.14. The fraction of sp³-hybridized carbons (Fsp3) is 0.273. The van der Waals surface area contributed by atoms with Crippen LogP contribution >= 0.6 is 15.9 Å². The molecule has 0 heterocycles. The average Bonchev–Trinajstić information content (AvgIpc) is 2.25. The largest absolute Gasteiger partial charge is 0.480 e. The smallest absolute Gasteiger partial charge is 0.326 e. The Kier molecular flexibility index (Phi) is 4.32. The second-order valence-corrected chi connectivity index (χ2v) is 4.10. The number of halogens is 1. The standard InChI is InChI=1S/C11H11BrN2O2/c1-2-10(11(15)16)14-8-4-3-7(6-13)9(12)5-8/h3-5,10,14H,2H2,1H3,(H,15,16). The Morgan fingerprint density at radius 3 is 2.81 bits per heavy atom. The lowest BCUT2D eigenvalue weighted by Crippen LogP contribution is -2.28. The number of benzene rings is 1. The number of nitrogens with zero attached hydrogens (tertiary/aromatic N) is 1. The molecule has 1 atom stereocenters. The first-order chi connectivity index (χ1) is 7.58. The van der Waals surface area contributed by atoms with Gasteiger partial charge >= 0.3 is 5.97 Å². The quantitative estimate of drug-likeness (QED) is 0.890. The normalized spacial score (nSPS) is 11.6. The van der Waals surface area contributed by atoms with Gasteiger partial charge in [0.25, 0.3) is 0 Å². The Morgan fingerprint density at radius 1 is 1.69 bits per heavy atom. The molecule has 2 N–H and O–H groups in total. The summed E-state index contributed by atoms with van der Waals surface area (Å²) in [5, 5.41) is 20.5. The van der Waals surface area contributed by atoms with E-state index in [0.29, 0.717) is 22.1 Å². The molecule has 1 aromatic carbocycles. The summed E-state index contributed by atoms with van der Waals surface area (Å²) < 4.78 is 0.653. The molecule has 0 fully saturated rings. The Labute approximate surface area is 102 Å². The number of carboxylic acids is 1. The van der Waals surface area contributed by atoms with E-state index in [1.807, 2.05) is 6.07 Å². The molecule has 0 bridgehead atoms. The molecule has 4 nitrogen and oxygen atoms in total. The van der Waals surface area contributed by atoms with Gasteiger partial charge in [0, 0.05) is 10.2 Å². The fourth-order valence-electron chi connectivity index (χ4n) is 1.24. The van der Waals surface area contributed by atoms with Gasteiger partial charge in [0.05, 0.1) is 5.56 Å². The highest BCUT2D eigenvalue weighted by Gasteiger charge is 2.14. The molecule has 1 unspecified atom stereocenters. The van der Waals surface area contributed by atoms with Crippen molar-refractivity contribution >= 4 is 27.6 Å². The average molecular weight is 283 g/mol. The third-order valence-corrected chi connectivity index (χ3v) is 2.79. The number of rotatable bonds is 4. The van der Waals surface area contributed by atoms with Crippen molar-refractivity contribution in [1.29, 1.82) is 5.26 Å². The summed E-state index contributed by atoms with van der Waals surface area (Å²) in [7, 11) is 0. The van der Waals surface area contributed by atoms with Crippen molar-refractivity contribution in [2.24, 2.45) is 0 Å². The van der Waals surface area contributed by atoms with Crippen molar-refractivity contribution in [3.63, 3.8) is 0 Å². The molecule has 0 spiro atoms. The number of hydrogen-bond donors (Lipinski definition) is 2. The highest BCUT2D eigenvalue weighted by atomic mass is 79.9. The van der Waals surface area contributed by atoms with E-state index in [-0.39, 0.29) is 0 Å². The molecule has 0 saturated heterocycles. The summed E-state index contributed by atoms with van der Waals surface area (Å²) in [6.07, 6.45) is 0.493. The molecule has 0 radical (unpaired) electrons. The molecular weight excluding hydrogens is 272 g/mol. The van der Waals surface area contributed by atoms with E-state index < -0.39 is 12.0 Å². The van der Waals surface area contributed by atoms with E-state index >= 15 is 0 Å². The van der Waals surface area contributed by atoms with Crippen LogP contribution in [-0.2, 0) is 4.79 Å². The van der Waals surface area contributed by atoms with E-state index in [9.17, 15) is 4.79 Å². The number of carboxylic acid groups (broad SMARTS) is 1. The van der Waals surface area contributed by atoms with Crippen LogP contribution < -0.4 is 5.32 Å². The highest BCUT2D eigenvalue weighted by Crippen LogP contribution is 2.21. The second kappa shape index (κ2) is 5.52. The maximum atomic E-state index is 10.8. The summed E-state index contributed by atoms with van der Waals surface area (Å²) in [5.41, 5.74) is 1.20. The molecule has 5 heteroatoms. The molecule has 1 aromatic rings. The summed E-state index contributed by atoms with van der Waals surface area (Å²) >= 11 is 3.25. The zero-order chi connectivity index (χ0) is 12.1. The molecule has 0 aliphatic heterocycles. The third kappa shape index (κ3) is 2.97. The number of nitrogens with one attached hydrogen (secondary N) is 1. The van der Waals surface area contributed by atoms with Gasteiger partial charge in [-0.05, 0) is 40.5 Å². The fourth-order valence-corrected chi connectivity index (χ4v) is 1.70. The zero-order valence-corrected chi connectivity index (χ0v) is 10.3. The first-order valence-electron chi connectivity index (χ1n) is 4.77. The molecule has 0 aromatic heterocycles. The van der Waals surface area contributed by atoms with E-state index in [2.05, 4.69) is 21.2 Å². The van der Waals surface area contributed by atoms with Gasteiger partial charge in [-0.15, -0.1) is 0 Å². The van der Waals surface area contributed by atoms with Gasteiger partial charge in [0.1, 0.15) is 12.1 Å². The lowest BCUT2D eigenvalue weighted by atomic mass is 10.2. The van der Waals surface area contributed by atoms with Gasteiger partial charge < -0.3 is 10.4 Å². The van der Waals surface area contributed by atoms with Crippen molar-refractivity contribution < 1.29 is 9.90 Å². The van der Waals surface area contributed by atoms with Crippen LogP contribution in [0.1, 0.15) is 18.9 Å². The number of hydrogen-bond acceptors (Lipinski definition) is 3. The summed E-state index contributed by atoms with van der Waals surface area (Å²) in [6.45, 7) is 1.80. The summed E-state index contributed by atoms with van der Waals surface area (Å²) in [4.78, 5) is 10.8. The van der Waals surface area contributed by atoms with Crippen LogP contribution in [0.25, 0.3) is 0 Å². The van der Waals surface area contributed by atoms with Gasteiger partial charge in [-0.1, -0.05) is 6.92 Å². The highest BCUT2D eigenvalue weighted by molar-refractivity contribution is 9.10. The van der Waals surface area contributed by atoms with Crippen molar-refractivity contribution in [3.05, 3.63) is 28.2 Å². The molecular formula is C11H11BrN2O2. The van der Waals surface area contributed by atoms with Crippen LogP contribution in [0.2, 0.25) is 0 Å². The predicted molar refractivity (Wildman–Crippen MR) is 64.2 cm³/mol. The molecule has 16 heavy (non-hydrogen) atoms. The van der Waals surface area contributed by atoms with Crippen molar-refractivity contribution in [2.45, 2.75) is 19.4 Å². The van der Waals surface area contributed by atoms with Crippen LogP contribution in [0.4, 0.5) is 5.69 Å². The molecule has 0 aliphatic carbocycles. The van der Waals surface area contributed by atoms with Gasteiger partial charge in [-0.3, -0.25) is 0 Å². The lowest BCUT2D eigenvalue weighted by molar-refractivity contribution is -0.137. The van der Waals surface area contributed by atoms with Gasteiger partial charge in [0.15, 0.2) is 0 Å². The Hall–Kier alpha value is -1.54. The van der Waals surface area contributed by atoms with E-state index in [1.165, 1.54) is 0 Å². The van der Waals surface area contributed by atoms with Crippen molar-refractivity contribution in [3.8, 4) is 6.07 Å².